The summed E-state index contributed by atoms with van der Waals surface area (Å²) in [6.45, 7) is 3.94. The topological polar surface area (TPSA) is 62.1 Å². The minimum atomic E-state index is -0.449. The second-order valence-electron chi connectivity index (χ2n) is 6.03. The molecule has 2 rings (SSSR count). The van der Waals surface area contributed by atoms with Crippen LogP contribution >= 0.6 is 39.1 Å². The number of nitriles is 1. The van der Waals surface area contributed by atoms with Crippen LogP contribution in [0.1, 0.15) is 25.0 Å². The van der Waals surface area contributed by atoms with E-state index in [2.05, 4.69) is 21.2 Å². The summed E-state index contributed by atoms with van der Waals surface area (Å²) in [4.78, 5) is 12.0. The van der Waals surface area contributed by atoms with Gasteiger partial charge in [-0.15, -0.1) is 0 Å². The maximum Gasteiger partial charge on any atom is 0.262 e. The molecule has 0 aliphatic carbocycles. The van der Waals surface area contributed by atoms with Crippen LogP contribution < -0.4 is 10.1 Å². The Kier molecular flexibility index (Phi) is 7.73. The highest BCUT2D eigenvalue weighted by Crippen LogP contribution is 2.35. The van der Waals surface area contributed by atoms with Crippen molar-refractivity contribution in [1.29, 1.82) is 5.26 Å². The molecule has 2 aromatic rings. The number of amides is 1. The van der Waals surface area contributed by atoms with E-state index in [1.807, 2.05) is 44.2 Å². The molecule has 1 amide bonds. The molecule has 0 heterocycles. The van der Waals surface area contributed by atoms with E-state index in [0.717, 1.165) is 10.0 Å². The molecule has 2 aromatic carbocycles. The number of nitrogens with zero attached hydrogens (tertiary/aromatic N) is 1. The molecule has 1 N–H and O–H groups in total. The maximum atomic E-state index is 12.0. The highest BCUT2D eigenvalue weighted by Gasteiger charge is 2.13. The largest absolute Gasteiger partial charge is 0.486 e. The number of rotatable bonds is 6. The molecular formula is C20H17BrCl2N2O2. The molecule has 140 valence electrons. The third-order valence-electron chi connectivity index (χ3n) is 3.41. The Labute approximate surface area is 176 Å². The van der Waals surface area contributed by atoms with Gasteiger partial charge in [0.25, 0.3) is 5.91 Å². The fraction of sp³-hybridized carbons (Fsp3) is 0.200. The van der Waals surface area contributed by atoms with E-state index in [1.54, 1.807) is 12.1 Å². The first-order valence-electron chi connectivity index (χ1n) is 8.09. The molecule has 0 unspecified atom stereocenters. The van der Waals surface area contributed by atoms with E-state index in [0.29, 0.717) is 28.0 Å². The lowest BCUT2D eigenvalue weighted by Gasteiger charge is -2.11. The van der Waals surface area contributed by atoms with Crippen molar-refractivity contribution in [2.45, 2.75) is 26.5 Å². The molecule has 0 aliphatic rings. The Bertz CT molecular complexity index is 880. The zero-order valence-electron chi connectivity index (χ0n) is 14.7. The van der Waals surface area contributed by atoms with Gasteiger partial charge in [-0.05, 0) is 55.3 Å². The predicted molar refractivity (Wildman–Crippen MR) is 112 cm³/mol. The summed E-state index contributed by atoms with van der Waals surface area (Å²) in [6.07, 6.45) is 1.44. The molecule has 0 saturated heterocycles. The van der Waals surface area contributed by atoms with Crippen LogP contribution in [-0.2, 0) is 11.4 Å². The lowest BCUT2D eigenvalue weighted by Crippen LogP contribution is -2.30. The molecule has 0 saturated carbocycles. The van der Waals surface area contributed by atoms with E-state index in [-0.39, 0.29) is 11.6 Å². The lowest BCUT2D eigenvalue weighted by atomic mass is 10.1. The van der Waals surface area contributed by atoms with Gasteiger partial charge in [-0.25, -0.2) is 0 Å². The first kappa shape index (κ1) is 21.3. The molecule has 0 radical (unpaired) electrons. The third-order valence-corrected chi connectivity index (χ3v) is 4.50. The minimum absolute atomic E-state index is 0.0284. The number of halogens is 3. The van der Waals surface area contributed by atoms with Gasteiger partial charge in [0.05, 0.1) is 10.0 Å². The smallest absolute Gasteiger partial charge is 0.262 e. The molecule has 0 fully saturated rings. The summed E-state index contributed by atoms with van der Waals surface area (Å²) in [5, 5.41) is 12.5. The lowest BCUT2D eigenvalue weighted by molar-refractivity contribution is -0.117. The Morgan fingerprint density at radius 1 is 1.26 bits per heavy atom. The van der Waals surface area contributed by atoms with Gasteiger partial charge in [-0.1, -0.05) is 51.3 Å². The van der Waals surface area contributed by atoms with Gasteiger partial charge in [0.15, 0.2) is 5.75 Å². The second kappa shape index (κ2) is 9.80. The summed E-state index contributed by atoms with van der Waals surface area (Å²) < 4.78 is 6.72. The Hall–Kier alpha value is -2.00. The summed E-state index contributed by atoms with van der Waals surface area (Å²) in [5.41, 5.74) is 1.47. The first-order valence-corrected chi connectivity index (χ1v) is 9.64. The van der Waals surface area contributed by atoms with Gasteiger partial charge in [0.2, 0.25) is 0 Å². The standard InChI is InChI=1S/C20H17BrCl2N2O2/c1-12(2)25-20(26)15(10-24)7-14-8-17(22)19(18(23)9-14)27-11-13-3-5-16(21)6-4-13/h3-9,12H,11H2,1-2H3,(H,25,26)/b15-7-. The van der Waals surface area contributed by atoms with Crippen molar-refractivity contribution in [3.63, 3.8) is 0 Å². The fourth-order valence-corrected chi connectivity index (χ4v) is 3.07. The quantitative estimate of drug-likeness (QED) is 0.433. The van der Waals surface area contributed by atoms with Crippen LogP contribution in [0.5, 0.6) is 5.75 Å². The van der Waals surface area contributed by atoms with E-state index in [9.17, 15) is 10.1 Å². The monoisotopic (exact) mass is 466 g/mol. The van der Waals surface area contributed by atoms with Crippen LogP contribution in [-0.4, -0.2) is 11.9 Å². The first-order chi connectivity index (χ1) is 12.8. The fourth-order valence-electron chi connectivity index (χ4n) is 2.19. The predicted octanol–water partition coefficient (Wildman–Crippen LogP) is 5.77. The maximum absolute atomic E-state index is 12.0. The Balaban J connectivity index is 2.20. The van der Waals surface area contributed by atoms with Crippen molar-refractivity contribution in [2.24, 2.45) is 0 Å². The number of ether oxygens (including phenoxy) is 1. The molecule has 0 atom stereocenters. The minimum Gasteiger partial charge on any atom is -0.486 e. The van der Waals surface area contributed by atoms with Crippen LogP contribution in [0, 0.1) is 11.3 Å². The van der Waals surface area contributed by atoms with Crippen LogP contribution in [0.3, 0.4) is 0 Å². The van der Waals surface area contributed by atoms with Crippen molar-refractivity contribution in [3.05, 3.63) is 67.6 Å². The van der Waals surface area contributed by atoms with E-state index < -0.39 is 5.91 Å². The van der Waals surface area contributed by atoms with Crippen molar-refractivity contribution in [3.8, 4) is 11.8 Å². The summed E-state index contributed by atoms with van der Waals surface area (Å²) in [7, 11) is 0. The van der Waals surface area contributed by atoms with Crippen LogP contribution in [0.15, 0.2) is 46.4 Å². The number of hydrogen-bond donors (Lipinski definition) is 1. The second-order valence-corrected chi connectivity index (χ2v) is 7.76. The van der Waals surface area contributed by atoms with Gasteiger partial charge >= 0.3 is 0 Å². The van der Waals surface area contributed by atoms with E-state index >= 15 is 0 Å². The van der Waals surface area contributed by atoms with Gasteiger partial charge in [-0.3, -0.25) is 4.79 Å². The van der Waals surface area contributed by atoms with Crippen LogP contribution in [0.4, 0.5) is 0 Å². The number of nitrogens with one attached hydrogen (secondary N) is 1. The molecule has 0 aromatic heterocycles. The molecule has 0 aliphatic heterocycles. The summed E-state index contributed by atoms with van der Waals surface area (Å²) in [6, 6.07) is 12.7. The number of benzene rings is 2. The van der Waals surface area contributed by atoms with Crippen LogP contribution in [0.25, 0.3) is 6.08 Å². The average Bonchev–Trinajstić information content (AvgIpc) is 2.59. The zero-order chi connectivity index (χ0) is 20.0. The van der Waals surface area contributed by atoms with Gasteiger partial charge in [0.1, 0.15) is 18.2 Å². The van der Waals surface area contributed by atoms with Gasteiger partial charge in [0, 0.05) is 10.5 Å². The van der Waals surface area contributed by atoms with Gasteiger partial charge in [-0.2, -0.15) is 5.26 Å². The third kappa shape index (κ3) is 6.28. The van der Waals surface area contributed by atoms with Gasteiger partial charge < -0.3 is 10.1 Å². The molecule has 27 heavy (non-hydrogen) atoms. The molecule has 7 heteroatoms. The SMILES string of the molecule is CC(C)NC(=O)/C(C#N)=C\c1cc(Cl)c(OCc2ccc(Br)cc2)c(Cl)c1. The molecule has 0 spiro atoms. The number of hydrogen-bond acceptors (Lipinski definition) is 3. The molecule has 4 nitrogen and oxygen atoms in total. The molecule has 0 bridgehead atoms. The number of carbonyl (C=O) groups excluding carboxylic acids is 1. The highest BCUT2D eigenvalue weighted by atomic mass is 79.9. The van der Waals surface area contributed by atoms with E-state index in [1.165, 1.54) is 6.08 Å². The van der Waals surface area contributed by atoms with Crippen molar-refractivity contribution in [2.75, 3.05) is 0 Å². The normalized spacial score (nSPS) is 11.2. The summed E-state index contributed by atoms with van der Waals surface area (Å²) >= 11 is 16.0. The molecular weight excluding hydrogens is 451 g/mol. The van der Waals surface area contributed by atoms with Crippen molar-refractivity contribution >= 4 is 51.1 Å². The van der Waals surface area contributed by atoms with E-state index in [4.69, 9.17) is 27.9 Å². The van der Waals surface area contributed by atoms with Crippen LogP contribution in [0.2, 0.25) is 10.0 Å². The summed E-state index contributed by atoms with van der Waals surface area (Å²) in [5.74, 6) is -0.0983. The Morgan fingerprint density at radius 2 is 1.85 bits per heavy atom. The zero-order valence-corrected chi connectivity index (χ0v) is 17.8. The Morgan fingerprint density at radius 3 is 2.37 bits per heavy atom. The van der Waals surface area contributed by atoms with Crippen molar-refractivity contribution in [1.82, 2.24) is 5.32 Å². The van der Waals surface area contributed by atoms with Crippen molar-refractivity contribution < 1.29 is 9.53 Å². The number of carbonyl (C=O) groups is 1. The average molecular weight is 468 g/mol. The highest BCUT2D eigenvalue weighted by molar-refractivity contribution is 9.10.